The van der Waals surface area contributed by atoms with Gasteiger partial charge in [-0.3, -0.25) is 4.98 Å². The molecule has 2 rings (SSSR count). The minimum atomic E-state index is 0. The van der Waals surface area contributed by atoms with Gasteiger partial charge < -0.3 is 4.74 Å². The van der Waals surface area contributed by atoms with Crippen molar-refractivity contribution in [3.63, 3.8) is 0 Å². The molecular formula is C12H11IrN2O-. The summed E-state index contributed by atoms with van der Waals surface area (Å²) in [6.07, 6.45) is 1.72. The first-order chi connectivity index (χ1) is 7.31. The summed E-state index contributed by atoms with van der Waals surface area (Å²) in [5.41, 5.74) is 2.46. The van der Waals surface area contributed by atoms with Crippen LogP contribution in [0.2, 0.25) is 0 Å². The predicted molar refractivity (Wildman–Crippen MR) is 57.6 cm³/mol. The van der Waals surface area contributed by atoms with E-state index in [-0.39, 0.29) is 20.1 Å². The molecule has 0 atom stereocenters. The van der Waals surface area contributed by atoms with Crippen LogP contribution in [0.4, 0.5) is 0 Å². The third-order valence-corrected chi connectivity index (χ3v) is 2.02. The summed E-state index contributed by atoms with van der Waals surface area (Å²) >= 11 is 0. The molecule has 0 aliphatic carbocycles. The van der Waals surface area contributed by atoms with E-state index in [1.54, 1.807) is 13.3 Å². The number of hydrogen-bond acceptors (Lipinski definition) is 3. The van der Waals surface area contributed by atoms with Crippen molar-refractivity contribution in [3.05, 3.63) is 42.2 Å². The van der Waals surface area contributed by atoms with Gasteiger partial charge in [-0.05, 0) is 6.92 Å². The van der Waals surface area contributed by atoms with Crippen molar-refractivity contribution in [1.29, 1.82) is 0 Å². The van der Waals surface area contributed by atoms with Gasteiger partial charge in [0, 0.05) is 32.0 Å². The summed E-state index contributed by atoms with van der Waals surface area (Å²) in [5.74, 6) is 0.539. The summed E-state index contributed by atoms with van der Waals surface area (Å²) in [6.45, 7) is 1.88. The summed E-state index contributed by atoms with van der Waals surface area (Å²) < 4.78 is 5.19. The molecule has 0 saturated carbocycles. The number of ether oxygens (including phenoxy) is 1. The molecule has 4 heteroatoms. The van der Waals surface area contributed by atoms with E-state index in [2.05, 4.69) is 16.0 Å². The topological polar surface area (TPSA) is 35.0 Å². The Kier molecular flexibility index (Phi) is 4.59. The van der Waals surface area contributed by atoms with Gasteiger partial charge in [0.2, 0.25) is 0 Å². The summed E-state index contributed by atoms with van der Waals surface area (Å²) in [6, 6.07) is 10.7. The first-order valence-electron chi connectivity index (χ1n) is 4.66. The standard InChI is InChI=1S/C12H11N2O.Ir/c1-9-8-13-11(12(14-9)15-2)10-6-4-3-5-7-10;/h3-6,8H,1-2H3;/q-1;. The molecule has 0 bridgehead atoms. The quantitative estimate of drug-likeness (QED) is 0.737. The molecule has 0 fully saturated rings. The Balaban J connectivity index is 0.00000128. The Labute approximate surface area is 108 Å². The van der Waals surface area contributed by atoms with Crippen LogP contribution in [0, 0.1) is 13.0 Å². The molecule has 1 radical (unpaired) electrons. The maximum atomic E-state index is 5.19. The van der Waals surface area contributed by atoms with Crippen molar-refractivity contribution in [2.45, 2.75) is 6.92 Å². The van der Waals surface area contributed by atoms with Crippen LogP contribution in [-0.2, 0) is 20.1 Å². The Morgan fingerprint density at radius 2 is 2.12 bits per heavy atom. The van der Waals surface area contributed by atoms with E-state index in [0.717, 1.165) is 17.0 Å². The van der Waals surface area contributed by atoms with E-state index >= 15 is 0 Å². The Morgan fingerprint density at radius 1 is 1.31 bits per heavy atom. The molecular weight excluding hydrogens is 380 g/mol. The molecule has 85 valence electrons. The fourth-order valence-corrected chi connectivity index (χ4v) is 1.32. The van der Waals surface area contributed by atoms with Gasteiger partial charge in [0.25, 0.3) is 0 Å². The average Bonchev–Trinajstić information content (AvgIpc) is 2.30. The van der Waals surface area contributed by atoms with Gasteiger partial charge >= 0.3 is 0 Å². The predicted octanol–water partition coefficient (Wildman–Crippen LogP) is 2.26. The van der Waals surface area contributed by atoms with Crippen LogP contribution in [0.1, 0.15) is 5.69 Å². The van der Waals surface area contributed by atoms with Gasteiger partial charge in [0.15, 0.2) is 5.88 Å². The third-order valence-electron chi connectivity index (χ3n) is 2.02. The first kappa shape index (κ1) is 12.8. The van der Waals surface area contributed by atoms with E-state index in [4.69, 9.17) is 4.74 Å². The van der Waals surface area contributed by atoms with E-state index in [0.29, 0.717) is 5.88 Å². The zero-order valence-corrected chi connectivity index (χ0v) is 11.4. The van der Waals surface area contributed by atoms with E-state index in [1.165, 1.54) is 0 Å². The number of nitrogens with zero attached hydrogens (tertiary/aromatic N) is 2. The number of hydrogen-bond donors (Lipinski definition) is 0. The second-order valence-electron chi connectivity index (χ2n) is 3.15. The van der Waals surface area contributed by atoms with Gasteiger partial charge in [0.1, 0.15) is 0 Å². The van der Waals surface area contributed by atoms with Crippen molar-refractivity contribution in [1.82, 2.24) is 9.97 Å². The number of rotatable bonds is 2. The van der Waals surface area contributed by atoms with Crippen LogP contribution in [0.15, 0.2) is 30.5 Å². The SMILES string of the molecule is COc1nc(C)cnc1-c1[c-]cccc1.[Ir]. The van der Waals surface area contributed by atoms with Crippen molar-refractivity contribution in [2.24, 2.45) is 0 Å². The molecule has 0 aliphatic rings. The molecule has 2 aromatic rings. The van der Waals surface area contributed by atoms with Gasteiger partial charge in [-0.1, -0.05) is 0 Å². The Morgan fingerprint density at radius 3 is 2.75 bits per heavy atom. The van der Waals surface area contributed by atoms with Crippen molar-refractivity contribution < 1.29 is 24.8 Å². The molecule has 0 spiro atoms. The summed E-state index contributed by atoms with van der Waals surface area (Å²) in [7, 11) is 1.59. The molecule has 3 nitrogen and oxygen atoms in total. The van der Waals surface area contributed by atoms with Crippen LogP contribution in [0.3, 0.4) is 0 Å². The average molecular weight is 391 g/mol. The van der Waals surface area contributed by atoms with Crippen LogP contribution in [-0.4, -0.2) is 17.1 Å². The fourth-order valence-electron chi connectivity index (χ4n) is 1.32. The molecule has 1 aromatic heterocycles. The molecule has 16 heavy (non-hydrogen) atoms. The molecule has 0 N–H and O–H groups in total. The van der Waals surface area contributed by atoms with Gasteiger partial charge in [-0.25, -0.2) is 4.98 Å². The molecule has 1 aromatic carbocycles. The van der Waals surface area contributed by atoms with Crippen LogP contribution >= 0.6 is 0 Å². The van der Waals surface area contributed by atoms with E-state index in [1.807, 2.05) is 31.2 Å². The fraction of sp³-hybridized carbons (Fsp3) is 0.167. The molecule has 0 amide bonds. The number of aromatic nitrogens is 2. The number of aryl methyl sites for hydroxylation is 1. The van der Waals surface area contributed by atoms with Crippen molar-refractivity contribution >= 4 is 0 Å². The first-order valence-corrected chi connectivity index (χ1v) is 4.66. The van der Waals surface area contributed by atoms with Crippen LogP contribution in [0.5, 0.6) is 5.88 Å². The second kappa shape index (κ2) is 5.73. The molecule has 0 saturated heterocycles. The maximum Gasteiger partial charge on any atom is 0.194 e. The maximum absolute atomic E-state index is 5.19. The number of benzene rings is 1. The van der Waals surface area contributed by atoms with Crippen LogP contribution < -0.4 is 4.74 Å². The second-order valence-corrected chi connectivity index (χ2v) is 3.15. The molecule has 0 unspecified atom stereocenters. The van der Waals surface area contributed by atoms with Gasteiger partial charge in [-0.2, -0.15) is 0 Å². The van der Waals surface area contributed by atoms with Crippen LogP contribution in [0.25, 0.3) is 11.3 Å². The normalized spacial score (nSPS) is 9.38. The number of methoxy groups -OCH3 is 1. The van der Waals surface area contributed by atoms with Gasteiger partial charge in [0.05, 0.1) is 12.8 Å². The minimum Gasteiger partial charge on any atom is -0.486 e. The van der Waals surface area contributed by atoms with E-state index in [9.17, 15) is 0 Å². The van der Waals surface area contributed by atoms with Crippen molar-refractivity contribution in [3.8, 4) is 17.1 Å². The third kappa shape index (κ3) is 2.65. The Hall–Kier alpha value is -1.25. The van der Waals surface area contributed by atoms with Crippen molar-refractivity contribution in [2.75, 3.05) is 7.11 Å². The van der Waals surface area contributed by atoms with E-state index < -0.39 is 0 Å². The zero-order chi connectivity index (χ0) is 10.7. The summed E-state index contributed by atoms with van der Waals surface area (Å²) in [5, 5.41) is 0. The molecule has 1 heterocycles. The smallest absolute Gasteiger partial charge is 0.194 e. The molecule has 0 aliphatic heterocycles. The van der Waals surface area contributed by atoms with Gasteiger partial charge in [-0.15, -0.1) is 35.9 Å². The zero-order valence-electron chi connectivity index (χ0n) is 9.02. The summed E-state index contributed by atoms with van der Waals surface area (Å²) in [4.78, 5) is 8.56. The minimum absolute atomic E-state index is 0. The monoisotopic (exact) mass is 392 g/mol. The largest absolute Gasteiger partial charge is 0.486 e. The Bertz CT molecular complexity index is 460.